The van der Waals surface area contributed by atoms with Crippen LogP contribution >= 0.6 is 11.8 Å². The Hall–Kier alpha value is -3.26. The lowest BCUT2D eigenvalue weighted by Gasteiger charge is -2.32. The highest BCUT2D eigenvalue weighted by molar-refractivity contribution is 8.14. The molecule has 0 fully saturated rings. The third kappa shape index (κ3) is 3.84. The number of hydrogen-bond donors (Lipinski definition) is 1. The van der Waals surface area contributed by atoms with Gasteiger partial charge in [-0.2, -0.15) is 5.10 Å². The summed E-state index contributed by atoms with van der Waals surface area (Å²) in [6.07, 6.45) is 2.84. The van der Waals surface area contributed by atoms with E-state index in [4.69, 9.17) is 4.74 Å². The van der Waals surface area contributed by atoms with E-state index in [2.05, 4.69) is 10.5 Å². The van der Waals surface area contributed by atoms with Gasteiger partial charge in [0, 0.05) is 24.0 Å². The molecule has 1 amide bonds. The number of hydrogen-bond acceptors (Lipinski definition) is 7. The number of nitrogens with one attached hydrogen (secondary N) is 1. The number of carbonyl (C=O) groups excluding carboxylic acids is 2. The third-order valence-corrected chi connectivity index (χ3v) is 5.63. The minimum atomic E-state index is -0.636. The second-order valence-electron chi connectivity index (χ2n) is 6.62. The number of carbonyl (C=O) groups is 2. The van der Waals surface area contributed by atoms with Crippen molar-refractivity contribution >= 4 is 34.3 Å². The molecule has 7 nitrogen and oxygen atoms in total. The first-order chi connectivity index (χ1) is 14.1. The molecule has 0 radical (unpaired) electrons. The van der Waals surface area contributed by atoms with Crippen LogP contribution in [0.5, 0.6) is 5.75 Å². The third-order valence-electron chi connectivity index (χ3n) is 4.67. The molecular weight excluding hydrogens is 388 g/mol. The molecule has 0 aliphatic carbocycles. The van der Waals surface area contributed by atoms with Crippen LogP contribution in [0.2, 0.25) is 0 Å². The van der Waals surface area contributed by atoms with Gasteiger partial charge in [-0.1, -0.05) is 47.7 Å². The predicted octanol–water partition coefficient (Wildman–Crippen LogP) is 2.94. The second-order valence-corrected chi connectivity index (χ2v) is 7.56. The first-order valence-electron chi connectivity index (χ1n) is 9.06. The van der Waals surface area contributed by atoms with Gasteiger partial charge in [0.1, 0.15) is 5.75 Å². The number of hydrazone groups is 1. The number of rotatable bonds is 5. The Bertz CT molecular complexity index is 1000. The van der Waals surface area contributed by atoms with Crippen molar-refractivity contribution in [3.63, 3.8) is 0 Å². The highest BCUT2D eigenvalue weighted by Crippen LogP contribution is 2.28. The number of nitrogens with zero attached hydrogens (tertiary/aromatic N) is 3. The lowest BCUT2D eigenvalue weighted by molar-refractivity contribution is -0.122. The number of amides is 1. The van der Waals surface area contributed by atoms with Crippen LogP contribution in [0.1, 0.15) is 15.9 Å². The summed E-state index contributed by atoms with van der Waals surface area (Å²) in [5.41, 5.74) is 5.35. The Labute approximate surface area is 173 Å². The second kappa shape index (κ2) is 8.00. The van der Waals surface area contributed by atoms with E-state index in [-0.39, 0.29) is 17.4 Å². The fourth-order valence-corrected chi connectivity index (χ4v) is 3.91. The van der Waals surface area contributed by atoms with E-state index in [1.807, 2.05) is 49.4 Å². The van der Waals surface area contributed by atoms with Gasteiger partial charge >= 0.3 is 0 Å². The molecule has 1 N–H and O–H groups in total. The first-order valence-corrected chi connectivity index (χ1v) is 10.0. The zero-order valence-electron chi connectivity index (χ0n) is 16.0. The van der Waals surface area contributed by atoms with Crippen LogP contribution in [0.15, 0.2) is 66.0 Å². The fraction of sp³-hybridized carbons (Fsp3) is 0.190. The molecule has 0 spiro atoms. The van der Waals surface area contributed by atoms with E-state index in [1.54, 1.807) is 35.4 Å². The molecule has 2 aliphatic rings. The molecule has 1 unspecified atom stereocenters. The summed E-state index contributed by atoms with van der Waals surface area (Å²) in [4.78, 5) is 28.6. The normalized spacial score (nSPS) is 17.7. The molecule has 4 rings (SSSR count). The van der Waals surface area contributed by atoms with Crippen molar-refractivity contribution in [2.45, 2.75) is 13.1 Å². The topological polar surface area (TPSA) is 74.2 Å². The van der Waals surface area contributed by atoms with E-state index in [9.17, 15) is 9.59 Å². The minimum Gasteiger partial charge on any atom is -0.497 e. The van der Waals surface area contributed by atoms with Crippen molar-refractivity contribution in [3.8, 4) is 5.75 Å². The smallest absolute Gasteiger partial charge is 0.276 e. The summed E-state index contributed by atoms with van der Waals surface area (Å²) >= 11 is 1.30. The van der Waals surface area contributed by atoms with Crippen LogP contribution in [0.4, 0.5) is 5.69 Å². The van der Waals surface area contributed by atoms with E-state index in [1.165, 1.54) is 11.8 Å². The van der Waals surface area contributed by atoms with Crippen LogP contribution in [0.25, 0.3) is 0 Å². The zero-order chi connectivity index (χ0) is 20.4. The zero-order valence-corrected chi connectivity index (χ0v) is 16.8. The average molecular weight is 408 g/mol. The Morgan fingerprint density at radius 1 is 1.21 bits per heavy atom. The van der Waals surface area contributed by atoms with E-state index < -0.39 is 6.17 Å². The van der Waals surface area contributed by atoms with Crippen molar-refractivity contribution in [1.29, 1.82) is 0 Å². The van der Waals surface area contributed by atoms with Crippen molar-refractivity contribution in [1.82, 2.24) is 10.3 Å². The summed E-state index contributed by atoms with van der Waals surface area (Å²) in [6, 6.07) is 14.8. The molecule has 2 aromatic carbocycles. The number of amidine groups is 1. The highest BCUT2D eigenvalue weighted by atomic mass is 32.2. The van der Waals surface area contributed by atoms with E-state index in [0.717, 1.165) is 5.56 Å². The summed E-state index contributed by atoms with van der Waals surface area (Å²) < 4.78 is 5.24. The summed E-state index contributed by atoms with van der Waals surface area (Å²) in [6.45, 7) is 1.98. The molecule has 0 bridgehead atoms. The highest BCUT2D eigenvalue weighted by Gasteiger charge is 2.38. The van der Waals surface area contributed by atoms with Crippen LogP contribution < -0.4 is 15.1 Å². The molecule has 2 aromatic rings. The van der Waals surface area contributed by atoms with Crippen LogP contribution in [0.3, 0.4) is 0 Å². The standard InChI is InChI=1S/C21H20N4O3S/c1-14-6-8-15(9-7-14)18(26)13-29-21-23-22-19-20(27)24(10-11-25(19)21)16-4-3-5-17(12-16)28-2/h3-12,19,22H,13H2,1-2H3. The number of ketones is 1. The number of thioether (sulfide) groups is 1. The molecule has 0 aromatic heterocycles. The number of anilines is 1. The maximum absolute atomic E-state index is 12.9. The number of methoxy groups -OCH3 is 1. The number of fused-ring (bicyclic) bond motifs is 1. The Morgan fingerprint density at radius 3 is 2.76 bits per heavy atom. The first kappa shape index (κ1) is 19.1. The van der Waals surface area contributed by atoms with Crippen molar-refractivity contribution in [3.05, 3.63) is 72.1 Å². The van der Waals surface area contributed by atoms with E-state index >= 15 is 0 Å². The minimum absolute atomic E-state index is 0.0199. The van der Waals surface area contributed by atoms with Gasteiger partial charge in [0.15, 0.2) is 11.0 Å². The quantitative estimate of drug-likeness (QED) is 0.767. The van der Waals surface area contributed by atoms with Crippen molar-refractivity contribution in [2.75, 3.05) is 17.8 Å². The number of aryl methyl sites for hydroxylation is 1. The van der Waals surface area contributed by atoms with Gasteiger partial charge < -0.3 is 4.74 Å². The van der Waals surface area contributed by atoms with E-state index in [0.29, 0.717) is 22.2 Å². The maximum atomic E-state index is 12.9. The molecular formula is C21H20N4O3S. The molecule has 2 aliphatic heterocycles. The maximum Gasteiger partial charge on any atom is 0.276 e. The van der Waals surface area contributed by atoms with Crippen LogP contribution in [0, 0.1) is 6.92 Å². The Morgan fingerprint density at radius 2 is 2.00 bits per heavy atom. The molecule has 0 saturated carbocycles. The molecule has 148 valence electrons. The Balaban J connectivity index is 1.43. The molecule has 2 heterocycles. The summed E-state index contributed by atoms with van der Waals surface area (Å²) in [7, 11) is 1.59. The van der Waals surface area contributed by atoms with Gasteiger partial charge in [-0.05, 0) is 19.1 Å². The molecule has 1 atom stereocenters. The number of benzene rings is 2. The van der Waals surface area contributed by atoms with Gasteiger partial charge in [-0.25, -0.2) is 0 Å². The molecule has 29 heavy (non-hydrogen) atoms. The van der Waals surface area contributed by atoms with Gasteiger partial charge in [-0.3, -0.25) is 24.8 Å². The van der Waals surface area contributed by atoms with Gasteiger partial charge in [0.25, 0.3) is 5.91 Å². The SMILES string of the molecule is COc1cccc(N2C=CN3C(SCC(=O)c4ccc(C)cc4)=NNC3C2=O)c1. The van der Waals surface area contributed by atoms with Gasteiger partial charge in [0.05, 0.1) is 18.6 Å². The van der Waals surface area contributed by atoms with Gasteiger partial charge in [0.2, 0.25) is 6.17 Å². The molecule has 8 heteroatoms. The fourth-order valence-electron chi connectivity index (χ4n) is 3.05. The van der Waals surface area contributed by atoms with Gasteiger partial charge in [-0.15, -0.1) is 0 Å². The lowest BCUT2D eigenvalue weighted by Crippen LogP contribution is -2.52. The predicted molar refractivity (Wildman–Crippen MR) is 114 cm³/mol. The van der Waals surface area contributed by atoms with Crippen molar-refractivity contribution < 1.29 is 14.3 Å². The monoisotopic (exact) mass is 408 g/mol. The summed E-state index contributed by atoms with van der Waals surface area (Å²) in [5, 5.41) is 4.84. The van der Waals surface area contributed by atoms with Crippen LogP contribution in [-0.4, -0.2) is 40.8 Å². The lowest BCUT2D eigenvalue weighted by atomic mass is 10.1. The molecule has 0 saturated heterocycles. The number of Topliss-reactive ketones (excluding diaryl/α,β-unsaturated/α-hetero) is 1. The largest absolute Gasteiger partial charge is 0.497 e. The number of ether oxygens (including phenoxy) is 1. The summed E-state index contributed by atoms with van der Waals surface area (Å²) in [5.74, 6) is 0.776. The Kier molecular flexibility index (Phi) is 5.26. The van der Waals surface area contributed by atoms with Crippen molar-refractivity contribution in [2.24, 2.45) is 5.10 Å². The average Bonchev–Trinajstić information content (AvgIpc) is 3.17. The van der Waals surface area contributed by atoms with Crippen LogP contribution in [-0.2, 0) is 4.79 Å².